The first-order valence-corrected chi connectivity index (χ1v) is 6.43. The van der Waals surface area contributed by atoms with Crippen LogP contribution in [0.5, 0.6) is 0 Å². The van der Waals surface area contributed by atoms with Crippen molar-refractivity contribution in [2.75, 3.05) is 0 Å². The number of rotatable bonds is 1. The summed E-state index contributed by atoms with van der Waals surface area (Å²) in [5, 5.41) is 12.1. The van der Waals surface area contributed by atoms with Crippen LogP contribution in [0.25, 0.3) is 0 Å². The molecule has 0 aromatic heterocycles. The van der Waals surface area contributed by atoms with Gasteiger partial charge in [0.05, 0.1) is 12.1 Å². The summed E-state index contributed by atoms with van der Waals surface area (Å²) in [6, 6.07) is 6.02. The Kier molecular flexibility index (Phi) is 4.04. The highest BCUT2D eigenvalue weighted by molar-refractivity contribution is 5.82. The number of halogens is 3. The molecule has 2 rings (SSSR count). The van der Waals surface area contributed by atoms with E-state index in [2.05, 4.69) is 0 Å². The number of hydrogen-bond acceptors (Lipinski definition) is 2. The van der Waals surface area contributed by atoms with Crippen LogP contribution in [-0.2, 0) is 4.79 Å². The molecule has 0 spiro atoms. The Morgan fingerprint density at radius 3 is 2.45 bits per heavy atom. The number of carbonyl (C=O) groups excluding carboxylic acids is 1. The van der Waals surface area contributed by atoms with Gasteiger partial charge in [-0.05, 0) is 29.9 Å². The zero-order valence-electron chi connectivity index (χ0n) is 10.9. The fourth-order valence-electron chi connectivity index (χ4n) is 2.64. The Hall–Kier alpha value is -1.56. The van der Waals surface area contributed by atoms with Gasteiger partial charge in [0.2, 0.25) is 0 Å². The standard InChI is InChI=1S/C14H16F3NO2/c1-8-6-11(18-13(20)14(15,16)17)9-4-2-3-5-10(9)12(19)7-8/h2-5,8,11-12,19H,6-7H2,1H3,(H,18,20). The normalized spacial score (nSPS) is 26.6. The van der Waals surface area contributed by atoms with E-state index in [0.717, 1.165) is 0 Å². The third-order valence-corrected chi connectivity index (χ3v) is 3.56. The quantitative estimate of drug-likeness (QED) is 0.780. The maximum Gasteiger partial charge on any atom is 0.471 e. The number of aliphatic hydroxyl groups excluding tert-OH is 1. The van der Waals surface area contributed by atoms with Crippen molar-refractivity contribution in [3.05, 3.63) is 35.4 Å². The van der Waals surface area contributed by atoms with Crippen LogP contribution in [-0.4, -0.2) is 17.2 Å². The lowest BCUT2D eigenvalue weighted by Gasteiger charge is -2.21. The van der Waals surface area contributed by atoms with Gasteiger partial charge >= 0.3 is 12.1 Å². The fourth-order valence-corrected chi connectivity index (χ4v) is 2.64. The van der Waals surface area contributed by atoms with Crippen LogP contribution in [0.1, 0.15) is 43.0 Å². The van der Waals surface area contributed by atoms with E-state index in [0.29, 0.717) is 24.0 Å². The van der Waals surface area contributed by atoms with Crippen molar-refractivity contribution in [2.45, 2.75) is 38.1 Å². The highest BCUT2D eigenvalue weighted by Gasteiger charge is 2.41. The predicted octanol–water partition coefficient (Wildman–Crippen LogP) is 2.87. The molecule has 3 nitrogen and oxygen atoms in total. The molecule has 0 heterocycles. The summed E-state index contributed by atoms with van der Waals surface area (Å²) in [5.41, 5.74) is 1.14. The van der Waals surface area contributed by atoms with Crippen molar-refractivity contribution in [1.82, 2.24) is 5.32 Å². The molecule has 20 heavy (non-hydrogen) atoms. The lowest BCUT2D eigenvalue weighted by molar-refractivity contribution is -0.174. The van der Waals surface area contributed by atoms with E-state index in [9.17, 15) is 23.1 Å². The van der Waals surface area contributed by atoms with Crippen molar-refractivity contribution >= 4 is 5.91 Å². The second-order valence-corrected chi connectivity index (χ2v) is 5.25. The summed E-state index contributed by atoms with van der Waals surface area (Å²) in [5.74, 6) is -1.93. The molecule has 0 bridgehead atoms. The number of fused-ring (bicyclic) bond motifs is 1. The van der Waals surface area contributed by atoms with Gasteiger partial charge < -0.3 is 10.4 Å². The number of carbonyl (C=O) groups is 1. The maximum atomic E-state index is 12.4. The molecule has 1 aromatic rings. The number of alkyl halides is 3. The summed E-state index contributed by atoms with van der Waals surface area (Å²) in [6.07, 6.45) is -4.78. The van der Waals surface area contributed by atoms with Crippen molar-refractivity contribution in [3.8, 4) is 0 Å². The number of benzene rings is 1. The average molecular weight is 287 g/mol. The number of hydrogen-bond donors (Lipinski definition) is 2. The first-order chi connectivity index (χ1) is 9.29. The molecule has 2 N–H and O–H groups in total. The fraction of sp³-hybridized carbons (Fsp3) is 0.500. The third kappa shape index (κ3) is 3.12. The van der Waals surface area contributed by atoms with E-state index in [4.69, 9.17) is 0 Å². The van der Waals surface area contributed by atoms with Gasteiger partial charge in [-0.25, -0.2) is 0 Å². The van der Waals surface area contributed by atoms with Crippen LogP contribution in [0.2, 0.25) is 0 Å². The molecular weight excluding hydrogens is 271 g/mol. The summed E-state index contributed by atoms with van der Waals surface area (Å²) in [4.78, 5) is 11.1. The van der Waals surface area contributed by atoms with Crippen molar-refractivity contribution in [2.24, 2.45) is 5.92 Å². The van der Waals surface area contributed by atoms with Gasteiger partial charge in [0.15, 0.2) is 0 Å². The molecule has 3 unspecified atom stereocenters. The predicted molar refractivity (Wildman–Crippen MR) is 66.7 cm³/mol. The summed E-state index contributed by atoms with van der Waals surface area (Å²) in [6.45, 7) is 1.85. The number of aliphatic hydroxyl groups is 1. The molecule has 1 amide bonds. The lowest BCUT2D eigenvalue weighted by atomic mass is 9.97. The van der Waals surface area contributed by atoms with Crippen molar-refractivity contribution < 1.29 is 23.1 Å². The molecule has 6 heteroatoms. The van der Waals surface area contributed by atoms with E-state index in [-0.39, 0.29) is 5.92 Å². The van der Waals surface area contributed by atoms with Crippen LogP contribution >= 0.6 is 0 Å². The van der Waals surface area contributed by atoms with E-state index in [1.54, 1.807) is 24.3 Å². The lowest BCUT2D eigenvalue weighted by Crippen LogP contribution is -2.39. The van der Waals surface area contributed by atoms with Crippen LogP contribution < -0.4 is 5.32 Å². The minimum atomic E-state index is -4.90. The maximum absolute atomic E-state index is 12.4. The smallest absolute Gasteiger partial charge is 0.388 e. The Labute approximate surface area is 114 Å². The van der Waals surface area contributed by atoms with Crippen LogP contribution in [0.15, 0.2) is 24.3 Å². The zero-order valence-corrected chi connectivity index (χ0v) is 10.9. The van der Waals surface area contributed by atoms with E-state index in [1.165, 1.54) is 0 Å². The number of amides is 1. The van der Waals surface area contributed by atoms with Crippen LogP contribution in [0.3, 0.4) is 0 Å². The largest absolute Gasteiger partial charge is 0.471 e. The average Bonchev–Trinajstić information content (AvgIpc) is 2.47. The molecule has 110 valence electrons. The summed E-state index contributed by atoms with van der Waals surface area (Å²) < 4.78 is 37.2. The van der Waals surface area contributed by atoms with E-state index < -0.39 is 24.2 Å². The molecule has 1 aromatic carbocycles. The van der Waals surface area contributed by atoms with Gasteiger partial charge in [-0.15, -0.1) is 0 Å². The third-order valence-electron chi connectivity index (χ3n) is 3.56. The molecule has 0 saturated heterocycles. The molecule has 3 atom stereocenters. The van der Waals surface area contributed by atoms with E-state index in [1.807, 2.05) is 12.2 Å². The van der Waals surface area contributed by atoms with Gasteiger partial charge in [-0.2, -0.15) is 13.2 Å². The Morgan fingerprint density at radius 1 is 1.25 bits per heavy atom. The first kappa shape index (κ1) is 14.8. The summed E-state index contributed by atoms with van der Waals surface area (Å²) >= 11 is 0. The Morgan fingerprint density at radius 2 is 1.85 bits per heavy atom. The van der Waals surface area contributed by atoms with Gasteiger partial charge in [0, 0.05) is 0 Å². The Bertz CT molecular complexity index is 501. The van der Waals surface area contributed by atoms with Gasteiger partial charge in [-0.3, -0.25) is 4.79 Å². The van der Waals surface area contributed by atoms with Crippen molar-refractivity contribution in [3.63, 3.8) is 0 Å². The molecule has 0 fully saturated rings. The monoisotopic (exact) mass is 287 g/mol. The highest BCUT2D eigenvalue weighted by atomic mass is 19.4. The molecule has 0 aliphatic heterocycles. The van der Waals surface area contributed by atoms with Gasteiger partial charge in [0.1, 0.15) is 0 Å². The van der Waals surface area contributed by atoms with Crippen molar-refractivity contribution in [1.29, 1.82) is 0 Å². The molecule has 1 aliphatic carbocycles. The van der Waals surface area contributed by atoms with Gasteiger partial charge in [-0.1, -0.05) is 31.2 Å². The topological polar surface area (TPSA) is 49.3 Å². The van der Waals surface area contributed by atoms with Gasteiger partial charge in [0.25, 0.3) is 0 Å². The number of nitrogens with one attached hydrogen (secondary N) is 1. The molecular formula is C14H16F3NO2. The molecule has 0 radical (unpaired) electrons. The van der Waals surface area contributed by atoms with E-state index >= 15 is 0 Å². The SMILES string of the molecule is CC1CC(O)c2ccccc2C(NC(=O)C(F)(F)F)C1. The zero-order chi connectivity index (χ0) is 14.9. The molecule has 0 saturated carbocycles. The second-order valence-electron chi connectivity index (χ2n) is 5.25. The second kappa shape index (κ2) is 5.44. The highest BCUT2D eigenvalue weighted by Crippen LogP contribution is 2.37. The first-order valence-electron chi connectivity index (χ1n) is 6.43. The minimum Gasteiger partial charge on any atom is -0.388 e. The summed E-state index contributed by atoms with van der Waals surface area (Å²) in [7, 11) is 0. The minimum absolute atomic E-state index is 0.0101. The van der Waals surface area contributed by atoms with Crippen LogP contribution in [0, 0.1) is 5.92 Å². The molecule has 1 aliphatic rings. The van der Waals surface area contributed by atoms with Crippen LogP contribution in [0.4, 0.5) is 13.2 Å². The Balaban J connectivity index is 2.32.